The Kier molecular flexibility index (Phi) is 5.02. The fourth-order valence-electron chi connectivity index (χ4n) is 3.15. The van der Waals surface area contributed by atoms with Crippen LogP contribution in [0.2, 0.25) is 0 Å². The zero-order chi connectivity index (χ0) is 20.5. The summed E-state index contributed by atoms with van der Waals surface area (Å²) in [5.74, 6) is -0.490. The van der Waals surface area contributed by atoms with Crippen LogP contribution in [-0.4, -0.2) is 16.0 Å². The number of aromatic nitrogens is 3. The summed E-state index contributed by atoms with van der Waals surface area (Å²) >= 11 is 1.20. The highest BCUT2D eigenvalue weighted by atomic mass is 32.1. The normalized spacial score (nSPS) is 11.2. The van der Waals surface area contributed by atoms with Crippen LogP contribution in [0, 0.1) is 6.92 Å². The molecule has 0 bridgehead atoms. The van der Waals surface area contributed by atoms with Gasteiger partial charge in [0.25, 0.3) is 5.78 Å². The fraction of sp³-hybridized carbons (Fsp3) is 0.238. The number of hydrogen-bond donors (Lipinski definition) is 2. The second-order valence-electron chi connectivity index (χ2n) is 6.93. The molecule has 29 heavy (non-hydrogen) atoms. The number of nitrogens with two attached hydrogens (primary N) is 1. The molecule has 1 aromatic carbocycles. The van der Waals surface area contributed by atoms with Gasteiger partial charge in [0.2, 0.25) is 5.69 Å². The molecule has 7 nitrogen and oxygen atoms in total. The van der Waals surface area contributed by atoms with E-state index < -0.39 is 11.4 Å². The SMILES string of the molecule is CCCCc1ccc2c(N)c(C(=O)c3c(=O)o[nH][n+]3-c3ccc(C)cc3)sc2n1. The van der Waals surface area contributed by atoms with E-state index in [1.807, 2.05) is 31.2 Å². The lowest BCUT2D eigenvalue weighted by atomic mass is 10.1. The molecule has 148 valence electrons. The molecular formula is C21H21N4O3S+. The van der Waals surface area contributed by atoms with Gasteiger partial charge < -0.3 is 5.73 Å². The first-order valence-corrected chi connectivity index (χ1v) is 10.2. The van der Waals surface area contributed by atoms with Crippen LogP contribution < -0.4 is 16.0 Å². The van der Waals surface area contributed by atoms with Gasteiger partial charge in [-0.15, -0.1) is 11.3 Å². The lowest BCUT2D eigenvalue weighted by Gasteiger charge is -1.99. The van der Waals surface area contributed by atoms with Crippen molar-refractivity contribution in [3.05, 3.63) is 68.6 Å². The number of H-pyrrole nitrogens is 1. The van der Waals surface area contributed by atoms with E-state index in [9.17, 15) is 9.59 Å². The Balaban J connectivity index is 1.78. The van der Waals surface area contributed by atoms with E-state index in [1.54, 1.807) is 12.1 Å². The number of nitrogens with one attached hydrogen (secondary N) is 1. The van der Waals surface area contributed by atoms with E-state index >= 15 is 0 Å². The number of aryl methyl sites for hydroxylation is 2. The van der Waals surface area contributed by atoms with Crippen molar-refractivity contribution in [3.8, 4) is 5.69 Å². The van der Waals surface area contributed by atoms with Gasteiger partial charge in [0.05, 0.1) is 5.69 Å². The maximum atomic E-state index is 13.2. The summed E-state index contributed by atoms with van der Waals surface area (Å²) in [6.07, 6.45) is 3.01. The molecule has 0 atom stereocenters. The van der Waals surface area contributed by atoms with Gasteiger partial charge in [-0.05, 0) is 41.9 Å². The highest BCUT2D eigenvalue weighted by Gasteiger charge is 2.34. The zero-order valence-corrected chi connectivity index (χ0v) is 17.0. The Morgan fingerprint density at radius 3 is 2.72 bits per heavy atom. The van der Waals surface area contributed by atoms with E-state index in [-0.39, 0.29) is 10.6 Å². The molecule has 0 amide bonds. The topological polar surface area (TPSA) is 106 Å². The standard InChI is InChI=1S/C21H20N4O3S/c1-3-4-5-13-8-11-15-16(22)19(29-20(15)23-13)18(26)17-21(27)28-24-25(17)14-9-6-12(2)7-10-14/h6-11H,3-5H2,1-2H3,(H2-,22,24,26,27)/p+1. The van der Waals surface area contributed by atoms with Crippen molar-refractivity contribution in [1.82, 2.24) is 10.3 Å². The van der Waals surface area contributed by atoms with Crippen LogP contribution >= 0.6 is 11.3 Å². The number of fused-ring (bicyclic) bond motifs is 1. The summed E-state index contributed by atoms with van der Waals surface area (Å²) in [6.45, 7) is 4.09. The highest BCUT2D eigenvalue weighted by Crippen LogP contribution is 2.33. The molecule has 0 fully saturated rings. The van der Waals surface area contributed by atoms with Crippen molar-refractivity contribution in [2.75, 3.05) is 5.73 Å². The average Bonchev–Trinajstić information content (AvgIpc) is 3.26. The number of nitrogens with zero attached hydrogens (tertiary/aromatic N) is 2. The molecule has 0 spiro atoms. The number of anilines is 1. The predicted molar refractivity (Wildman–Crippen MR) is 112 cm³/mol. The number of ketones is 1. The maximum absolute atomic E-state index is 13.2. The summed E-state index contributed by atoms with van der Waals surface area (Å²) < 4.78 is 6.25. The molecule has 0 aliphatic heterocycles. The third-order valence-electron chi connectivity index (χ3n) is 4.80. The second kappa shape index (κ2) is 7.63. The molecule has 0 aliphatic carbocycles. The second-order valence-corrected chi connectivity index (χ2v) is 7.93. The number of rotatable bonds is 6. The first kappa shape index (κ1) is 19.1. The molecule has 3 aromatic heterocycles. The molecule has 0 saturated carbocycles. The van der Waals surface area contributed by atoms with E-state index in [0.717, 1.165) is 35.9 Å². The van der Waals surface area contributed by atoms with Gasteiger partial charge >= 0.3 is 11.3 Å². The number of thiophene rings is 1. The monoisotopic (exact) mass is 409 g/mol. The Labute approximate surface area is 170 Å². The van der Waals surface area contributed by atoms with Crippen LogP contribution in [-0.2, 0) is 6.42 Å². The van der Waals surface area contributed by atoms with Gasteiger partial charge in [0, 0.05) is 23.2 Å². The van der Waals surface area contributed by atoms with Crippen molar-refractivity contribution < 1.29 is 14.0 Å². The molecule has 0 aliphatic rings. The minimum atomic E-state index is -0.746. The fourth-order valence-corrected chi connectivity index (χ4v) is 4.20. The van der Waals surface area contributed by atoms with Crippen molar-refractivity contribution in [1.29, 1.82) is 0 Å². The number of carbonyl (C=O) groups excluding carboxylic acids is 1. The highest BCUT2D eigenvalue weighted by molar-refractivity contribution is 7.21. The lowest BCUT2D eigenvalue weighted by molar-refractivity contribution is -0.672. The van der Waals surface area contributed by atoms with Crippen molar-refractivity contribution in [2.24, 2.45) is 0 Å². The number of unbranched alkanes of at least 4 members (excludes halogenated alkanes) is 1. The third kappa shape index (κ3) is 3.47. The van der Waals surface area contributed by atoms with Crippen LogP contribution in [0.4, 0.5) is 5.69 Å². The molecule has 4 aromatic rings. The van der Waals surface area contributed by atoms with Gasteiger partial charge in [0.1, 0.15) is 9.71 Å². The summed E-state index contributed by atoms with van der Waals surface area (Å²) in [4.78, 5) is 31.2. The van der Waals surface area contributed by atoms with E-state index in [0.29, 0.717) is 16.2 Å². The van der Waals surface area contributed by atoms with Crippen LogP contribution in [0.25, 0.3) is 15.9 Å². The van der Waals surface area contributed by atoms with Gasteiger partial charge in [-0.1, -0.05) is 31.0 Å². The van der Waals surface area contributed by atoms with E-state index in [1.165, 1.54) is 16.0 Å². The number of pyridine rings is 1. The first-order chi connectivity index (χ1) is 14.0. The predicted octanol–water partition coefficient (Wildman–Crippen LogP) is 3.32. The van der Waals surface area contributed by atoms with Crippen LogP contribution in [0.5, 0.6) is 0 Å². The van der Waals surface area contributed by atoms with Crippen LogP contribution in [0.15, 0.2) is 45.7 Å². The summed E-state index contributed by atoms with van der Waals surface area (Å²) in [6, 6.07) is 11.2. The minimum absolute atomic E-state index is 0.127. The van der Waals surface area contributed by atoms with Crippen molar-refractivity contribution >= 4 is 33.0 Å². The first-order valence-electron chi connectivity index (χ1n) is 9.42. The van der Waals surface area contributed by atoms with Gasteiger partial charge in [0.15, 0.2) is 0 Å². The van der Waals surface area contributed by atoms with Gasteiger partial charge in [-0.25, -0.2) is 9.78 Å². The van der Waals surface area contributed by atoms with Crippen LogP contribution in [0.3, 0.4) is 0 Å². The molecule has 4 rings (SSSR count). The lowest BCUT2D eigenvalue weighted by Crippen LogP contribution is -2.41. The summed E-state index contributed by atoms with van der Waals surface area (Å²) in [5, 5.41) is 3.23. The maximum Gasteiger partial charge on any atom is 0.439 e. The largest absolute Gasteiger partial charge is 0.439 e. The number of nitrogen functional groups attached to an aromatic ring is 1. The van der Waals surface area contributed by atoms with E-state index in [4.69, 9.17) is 10.3 Å². The Hall–Kier alpha value is -3.26. The number of benzene rings is 1. The van der Waals surface area contributed by atoms with Gasteiger partial charge in [-0.3, -0.25) is 9.32 Å². The molecule has 0 saturated heterocycles. The van der Waals surface area contributed by atoms with E-state index in [2.05, 4.69) is 17.2 Å². The summed E-state index contributed by atoms with van der Waals surface area (Å²) in [7, 11) is 0. The average molecular weight is 409 g/mol. The molecule has 8 heteroatoms. The smallest absolute Gasteiger partial charge is 0.397 e. The van der Waals surface area contributed by atoms with Crippen molar-refractivity contribution in [2.45, 2.75) is 33.1 Å². The quantitative estimate of drug-likeness (QED) is 0.375. The number of aromatic amines is 1. The molecule has 0 radical (unpaired) electrons. The minimum Gasteiger partial charge on any atom is -0.397 e. The zero-order valence-electron chi connectivity index (χ0n) is 16.2. The molecular weight excluding hydrogens is 388 g/mol. The molecule has 3 heterocycles. The number of hydrogen-bond acceptors (Lipinski definition) is 6. The number of carbonyl (C=O) groups is 1. The van der Waals surface area contributed by atoms with Crippen molar-refractivity contribution in [3.63, 3.8) is 0 Å². The Morgan fingerprint density at radius 1 is 1.24 bits per heavy atom. The van der Waals surface area contributed by atoms with Crippen LogP contribution in [0.1, 0.15) is 46.4 Å². The Bertz CT molecular complexity index is 1250. The van der Waals surface area contributed by atoms with Gasteiger partial charge in [-0.2, -0.15) is 0 Å². The molecule has 3 N–H and O–H groups in total. The molecule has 0 unspecified atom stereocenters. The third-order valence-corrected chi connectivity index (χ3v) is 5.91. The Morgan fingerprint density at radius 2 is 2.00 bits per heavy atom. The summed E-state index contributed by atoms with van der Waals surface area (Å²) in [5.41, 5.74) is 8.36.